The summed E-state index contributed by atoms with van der Waals surface area (Å²) in [5.41, 5.74) is 0. The molecule has 0 saturated carbocycles. The SMILES string of the molecule is C[C@@H](C(=O)NCc1cccs1)[NH+]1CCN(c2cccc[nH+]2)CC1. The summed E-state index contributed by atoms with van der Waals surface area (Å²) in [4.78, 5) is 20.5. The van der Waals surface area contributed by atoms with Crippen molar-refractivity contribution in [1.82, 2.24) is 5.32 Å². The van der Waals surface area contributed by atoms with E-state index in [1.807, 2.05) is 36.7 Å². The van der Waals surface area contributed by atoms with Gasteiger partial charge in [-0.25, -0.2) is 4.98 Å². The lowest BCUT2D eigenvalue weighted by Gasteiger charge is -2.31. The molecule has 1 aliphatic heterocycles. The minimum Gasteiger partial charge on any atom is -0.346 e. The van der Waals surface area contributed by atoms with Gasteiger partial charge in [0.05, 0.1) is 12.7 Å². The normalized spacial score (nSPS) is 17.0. The van der Waals surface area contributed by atoms with E-state index in [4.69, 9.17) is 0 Å². The summed E-state index contributed by atoms with van der Waals surface area (Å²) in [6, 6.07) is 10.2. The first-order chi connectivity index (χ1) is 11.2. The predicted octanol–water partition coefficient (Wildman–Crippen LogP) is -0.0280. The van der Waals surface area contributed by atoms with Crippen molar-refractivity contribution < 1.29 is 14.7 Å². The number of H-pyrrole nitrogens is 1. The first kappa shape index (κ1) is 16.0. The zero-order valence-corrected chi connectivity index (χ0v) is 14.2. The highest BCUT2D eigenvalue weighted by atomic mass is 32.1. The molecule has 0 bridgehead atoms. The summed E-state index contributed by atoms with van der Waals surface area (Å²) < 4.78 is 0. The monoisotopic (exact) mass is 332 g/mol. The van der Waals surface area contributed by atoms with Crippen molar-refractivity contribution in [2.24, 2.45) is 0 Å². The van der Waals surface area contributed by atoms with Gasteiger partial charge < -0.3 is 10.2 Å². The number of hydrogen-bond donors (Lipinski definition) is 2. The van der Waals surface area contributed by atoms with Crippen LogP contribution in [0.5, 0.6) is 0 Å². The molecule has 0 aliphatic carbocycles. The van der Waals surface area contributed by atoms with E-state index in [9.17, 15) is 4.79 Å². The summed E-state index contributed by atoms with van der Waals surface area (Å²) in [7, 11) is 0. The molecular weight excluding hydrogens is 308 g/mol. The highest BCUT2D eigenvalue weighted by Crippen LogP contribution is 2.07. The van der Waals surface area contributed by atoms with Gasteiger partial charge >= 0.3 is 0 Å². The van der Waals surface area contributed by atoms with Crippen LogP contribution in [0, 0.1) is 0 Å². The number of nitrogens with zero attached hydrogens (tertiary/aromatic N) is 1. The third kappa shape index (κ3) is 4.09. The fraction of sp³-hybridized carbons (Fsp3) is 0.412. The molecule has 0 spiro atoms. The number of hydrogen-bond acceptors (Lipinski definition) is 3. The fourth-order valence-electron chi connectivity index (χ4n) is 2.97. The van der Waals surface area contributed by atoms with Crippen molar-refractivity contribution >= 4 is 23.1 Å². The van der Waals surface area contributed by atoms with Gasteiger partial charge in [0.15, 0.2) is 6.04 Å². The van der Waals surface area contributed by atoms with Gasteiger partial charge in [0.2, 0.25) is 0 Å². The number of carbonyl (C=O) groups excluding carboxylic acids is 1. The Hall–Kier alpha value is -1.92. The van der Waals surface area contributed by atoms with Gasteiger partial charge in [-0.05, 0) is 24.4 Å². The third-order valence-electron chi connectivity index (χ3n) is 4.46. The van der Waals surface area contributed by atoms with Crippen LogP contribution in [0.1, 0.15) is 11.8 Å². The van der Waals surface area contributed by atoms with Gasteiger partial charge in [-0.2, -0.15) is 0 Å². The maximum Gasteiger partial charge on any atom is 0.278 e. The molecule has 1 fully saturated rings. The summed E-state index contributed by atoms with van der Waals surface area (Å²) >= 11 is 1.68. The maximum atomic E-state index is 12.3. The Morgan fingerprint density at radius 1 is 1.35 bits per heavy atom. The van der Waals surface area contributed by atoms with Crippen molar-refractivity contribution in [3.8, 4) is 0 Å². The summed E-state index contributed by atoms with van der Waals surface area (Å²) in [6.07, 6.45) is 1.95. The summed E-state index contributed by atoms with van der Waals surface area (Å²) in [5.74, 6) is 1.30. The smallest absolute Gasteiger partial charge is 0.278 e. The molecular formula is C17H24N4OS+2. The minimum absolute atomic E-state index is 0.00290. The first-order valence-electron chi connectivity index (χ1n) is 8.10. The zero-order chi connectivity index (χ0) is 16.1. The van der Waals surface area contributed by atoms with Crippen LogP contribution in [-0.2, 0) is 11.3 Å². The first-order valence-corrected chi connectivity index (χ1v) is 8.98. The second kappa shape index (κ2) is 7.57. The lowest BCUT2D eigenvalue weighted by Crippen LogP contribution is -3.19. The number of carbonyl (C=O) groups is 1. The van der Waals surface area contributed by atoms with Gasteiger partial charge in [-0.15, -0.1) is 11.3 Å². The Morgan fingerprint density at radius 3 is 2.83 bits per heavy atom. The van der Waals surface area contributed by atoms with Gasteiger partial charge in [0.25, 0.3) is 11.7 Å². The van der Waals surface area contributed by atoms with Gasteiger partial charge in [-0.3, -0.25) is 9.69 Å². The molecule has 3 N–H and O–H groups in total. The van der Waals surface area contributed by atoms with Gasteiger partial charge in [0.1, 0.15) is 26.2 Å². The highest BCUT2D eigenvalue weighted by Gasteiger charge is 2.32. The third-order valence-corrected chi connectivity index (χ3v) is 5.34. The standard InChI is InChI=1S/C17H22N4OS/c1-14(17(22)19-13-15-5-4-12-23-15)20-8-10-21(11-9-20)16-6-2-3-7-18-16/h2-7,12,14H,8-11,13H2,1H3,(H,19,22)/p+2/t14-/m0/s1. The molecule has 0 unspecified atom stereocenters. The van der Waals surface area contributed by atoms with E-state index in [1.165, 1.54) is 9.78 Å². The van der Waals surface area contributed by atoms with Crippen LogP contribution in [-0.4, -0.2) is 38.1 Å². The number of thiophene rings is 1. The maximum absolute atomic E-state index is 12.3. The Morgan fingerprint density at radius 2 is 2.17 bits per heavy atom. The number of piperazine rings is 1. The van der Waals surface area contributed by atoms with Crippen molar-refractivity contribution in [2.75, 3.05) is 31.1 Å². The molecule has 2 aromatic rings. The highest BCUT2D eigenvalue weighted by molar-refractivity contribution is 7.09. The van der Waals surface area contributed by atoms with E-state index in [-0.39, 0.29) is 11.9 Å². The molecule has 1 aliphatic rings. The number of pyridine rings is 1. The molecule has 122 valence electrons. The van der Waals surface area contributed by atoms with E-state index < -0.39 is 0 Å². The van der Waals surface area contributed by atoms with E-state index in [2.05, 4.69) is 27.3 Å². The van der Waals surface area contributed by atoms with Crippen LogP contribution in [0.3, 0.4) is 0 Å². The summed E-state index contributed by atoms with van der Waals surface area (Å²) in [6.45, 7) is 6.58. The lowest BCUT2D eigenvalue weighted by molar-refractivity contribution is -0.914. The van der Waals surface area contributed by atoms with Crippen LogP contribution in [0.4, 0.5) is 5.82 Å². The van der Waals surface area contributed by atoms with Crippen molar-refractivity contribution in [1.29, 1.82) is 0 Å². The quantitative estimate of drug-likeness (QED) is 0.808. The molecule has 1 atom stereocenters. The molecule has 23 heavy (non-hydrogen) atoms. The molecule has 0 aromatic carbocycles. The molecule has 3 heterocycles. The van der Waals surface area contributed by atoms with Crippen LogP contribution in [0.25, 0.3) is 0 Å². The molecule has 2 aromatic heterocycles. The van der Waals surface area contributed by atoms with Gasteiger partial charge in [0, 0.05) is 10.9 Å². The molecule has 6 heteroatoms. The average Bonchev–Trinajstić information content (AvgIpc) is 3.13. The summed E-state index contributed by atoms with van der Waals surface area (Å²) in [5, 5.41) is 5.09. The largest absolute Gasteiger partial charge is 0.346 e. The Balaban J connectivity index is 1.47. The van der Waals surface area contributed by atoms with Crippen molar-refractivity contribution in [2.45, 2.75) is 19.5 Å². The number of aromatic amines is 1. The van der Waals surface area contributed by atoms with Crippen LogP contribution in [0.2, 0.25) is 0 Å². The molecule has 1 saturated heterocycles. The Kier molecular flexibility index (Phi) is 5.25. The molecule has 1 amide bonds. The molecule has 0 radical (unpaired) electrons. The Bertz CT molecular complexity index is 609. The lowest BCUT2D eigenvalue weighted by atomic mass is 10.2. The van der Waals surface area contributed by atoms with Crippen molar-refractivity contribution in [3.05, 3.63) is 46.8 Å². The van der Waals surface area contributed by atoms with Crippen LogP contribution < -0.4 is 20.1 Å². The number of aromatic nitrogens is 1. The topological polar surface area (TPSA) is 50.9 Å². The van der Waals surface area contributed by atoms with E-state index in [0.29, 0.717) is 6.54 Å². The van der Waals surface area contributed by atoms with E-state index in [0.717, 1.165) is 32.0 Å². The average molecular weight is 332 g/mol. The van der Waals surface area contributed by atoms with Crippen molar-refractivity contribution in [3.63, 3.8) is 0 Å². The van der Waals surface area contributed by atoms with Crippen LogP contribution >= 0.6 is 11.3 Å². The fourth-order valence-corrected chi connectivity index (χ4v) is 3.62. The predicted molar refractivity (Wildman–Crippen MR) is 91.5 cm³/mol. The Labute approximate surface area is 140 Å². The molecule has 3 rings (SSSR count). The number of amides is 1. The van der Waals surface area contributed by atoms with Crippen LogP contribution in [0.15, 0.2) is 41.9 Å². The van der Waals surface area contributed by atoms with E-state index >= 15 is 0 Å². The van der Waals surface area contributed by atoms with E-state index in [1.54, 1.807) is 11.3 Å². The number of rotatable bonds is 5. The number of anilines is 1. The number of quaternary nitrogens is 1. The second-order valence-corrected chi connectivity index (χ2v) is 6.94. The second-order valence-electron chi connectivity index (χ2n) is 5.91. The van der Waals surface area contributed by atoms with Gasteiger partial charge in [-0.1, -0.05) is 12.1 Å². The zero-order valence-electron chi connectivity index (χ0n) is 13.4. The minimum atomic E-state index is -0.00290. The molecule has 5 nitrogen and oxygen atoms in total. The number of nitrogens with one attached hydrogen (secondary N) is 3.